The van der Waals surface area contributed by atoms with Gasteiger partial charge in [0.2, 0.25) is 0 Å². The van der Waals surface area contributed by atoms with E-state index in [9.17, 15) is 9.18 Å². The lowest BCUT2D eigenvalue weighted by atomic mass is 10.2. The summed E-state index contributed by atoms with van der Waals surface area (Å²) in [4.78, 5) is 10.8. The van der Waals surface area contributed by atoms with E-state index in [4.69, 9.17) is 10.00 Å². The largest absolute Gasteiger partial charge is 0.455 e. The number of hydrogen-bond acceptors (Lipinski definition) is 3. The van der Waals surface area contributed by atoms with Crippen molar-refractivity contribution >= 4 is 6.29 Å². The molecule has 0 atom stereocenters. The van der Waals surface area contributed by atoms with E-state index in [1.54, 1.807) is 24.3 Å². The molecule has 0 aliphatic rings. The first-order valence-corrected chi connectivity index (χ1v) is 5.17. The molecule has 0 N–H and O–H groups in total. The lowest BCUT2D eigenvalue weighted by molar-refractivity contribution is 0.111. The SMILES string of the molecule is N#Cc1ccccc1Oc1cccc(F)c1C=O. The fourth-order valence-electron chi connectivity index (χ4n) is 1.49. The summed E-state index contributed by atoms with van der Waals surface area (Å²) >= 11 is 0. The number of benzene rings is 2. The van der Waals surface area contributed by atoms with Crippen LogP contribution >= 0.6 is 0 Å². The maximum Gasteiger partial charge on any atom is 0.156 e. The van der Waals surface area contributed by atoms with Gasteiger partial charge in [-0.15, -0.1) is 0 Å². The van der Waals surface area contributed by atoms with Gasteiger partial charge in [-0.05, 0) is 24.3 Å². The summed E-state index contributed by atoms with van der Waals surface area (Å²) in [6.07, 6.45) is 0.389. The van der Waals surface area contributed by atoms with Crippen LogP contribution in [0.25, 0.3) is 0 Å². The summed E-state index contributed by atoms with van der Waals surface area (Å²) in [6.45, 7) is 0. The fraction of sp³-hybridized carbons (Fsp3) is 0. The molecule has 88 valence electrons. The van der Waals surface area contributed by atoms with E-state index in [0.717, 1.165) is 0 Å². The van der Waals surface area contributed by atoms with Crippen molar-refractivity contribution in [3.05, 3.63) is 59.4 Å². The van der Waals surface area contributed by atoms with Crippen LogP contribution in [-0.4, -0.2) is 6.29 Å². The molecule has 0 amide bonds. The summed E-state index contributed by atoms with van der Waals surface area (Å²) in [5.41, 5.74) is 0.156. The van der Waals surface area contributed by atoms with Crippen LogP contribution in [0, 0.1) is 17.1 Å². The van der Waals surface area contributed by atoms with Gasteiger partial charge < -0.3 is 4.74 Å². The van der Waals surface area contributed by atoms with Crippen LogP contribution in [-0.2, 0) is 0 Å². The molecule has 2 aromatic carbocycles. The third-order valence-electron chi connectivity index (χ3n) is 2.36. The predicted octanol–water partition coefficient (Wildman–Crippen LogP) is 3.30. The molecule has 0 saturated heterocycles. The zero-order valence-corrected chi connectivity index (χ0v) is 9.26. The summed E-state index contributed by atoms with van der Waals surface area (Å²) in [7, 11) is 0. The summed E-state index contributed by atoms with van der Waals surface area (Å²) in [6, 6.07) is 12.6. The molecule has 18 heavy (non-hydrogen) atoms. The third-order valence-corrected chi connectivity index (χ3v) is 2.36. The second-order valence-electron chi connectivity index (χ2n) is 3.48. The zero-order valence-electron chi connectivity index (χ0n) is 9.26. The monoisotopic (exact) mass is 241 g/mol. The minimum atomic E-state index is -0.656. The van der Waals surface area contributed by atoms with Gasteiger partial charge in [-0.3, -0.25) is 4.79 Å². The van der Waals surface area contributed by atoms with Crippen molar-refractivity contribution in [2.45, 2.75) is 0 Å². The number of carbonyl (C=O) groups excluding carboxylic acids is 1. The van der Waals surface area contributed by atoms with E-state index in [1.807, 2.05) is 6.07 Å². The van der Waals surface area contributed by atoms with Gasteiger partial charge in [-0.25, -0.2) is 4.39 Å². The van der Waals surface area contributed by atoms with Crippen LogP contribution in [0.1, 0.15) is 15.9 Å². The Labute approximate surface area is 103 Å². The van der Waals surface area contributed by atoms with Gasteiger partial charge in [-0.2, -0.15) is 5.26 Å². The maximum absolute atomic E-state index is 13.4. The van der Waals surface area contributed by atoms with Crippen molar-refractivity contribution in [2.75, 3.05) is 0 Å². The van der Waals surface area contributed by atoms with Crippen molar-refractivity contribution in [3.8, 4) is 17.6 Å². The second-order valence-corrected chi connectivity index (χ2v) is 3.48. The minimum Gasteiger partial charge on any atom is -0.455 e. The van der Waals surface area contributed by atoms with Crippen molar-refractivity contribution < 1.29 is 13.9 Å². The van der Waals surface area contributed by atoms with Crippen LogP contribution in [0.3, 0.4) is 0 Å². The number of hydrogen-bond donors (Lipinski definition) is 0. The molecule has 4 heteroatoms. The molecule has 0 aliphatic carbocycles. The molecule has 0 saturated carbocycles. The number of nitrogens with zero attached hydrogens (tertiary/aromatic N) is 1. The van der Waals surface area contributed by atoms with E-state index in [-0.39, 0.29) is 17.1 Å². The van der Waals surface area contributed by atoms with Gasteiger partial charge >= 0.3 is 0 Å². The molecule has 0 aromatic heterocycles. The van der Waals surface area contributed by atoms with Gasteiger partial charge in [0, 0.05) is 0 Å². The minimum absolute atomic E-state index is 0.0905. The first-order chi connectivity index (χ1) is 8.76. The van der Waals surface area contributed by atoms with Crippen molar-refractivity contribution in [2.24, 2.45) is 0 Å². The number of ether oxygens (including phenoxy) is 1. The molecule has 0 heterocycles. The molecule has 0 radical (unpaired) electrons. The topological polar surface area (TPSA) is 50.1 Å². The summed E-state index contributed by atoms with van der Waals surface area (Å²) < 4.78 is 18.8. The Morgan fingerprint density at radius 1 is 1.11 bits per heavy atom. The van der Waals surface area contributed by atoms with Crippen molar-refractivity contribution in [3.63, 3.8) is 0 Å². The Hall–Kier alpha value is -2.67. The van der Waals surface area contributed by atoms with Gasteiger partial charge in [0.05, 0.1) is 11.1 Å². The average Bonchev–Trinajstić information content (AvgIpc) is 2.40. The quantitative estimate of drug-likeness (QED) is 0.774. The zero-order chi connectivity index (χ0) is 13.0. The number of rotatable bonds is 3. The van der Waals surface area contributed by atoms with E-state index < -0.39 is 5.82 Å². The van der Waals surface area contributed by atoms with Gasteiger partial charge in [0.1, 0.15) is 23.4 Å². The predicted molar refractivity (Wildman–Crippen MR) is 63.0 cm³/mol. The molecular formula is C14H8FNO2. The van der Waals surface area contributed by atoms with Crippen LogP contribution < -0.4 is 4.74 Å². The van der Waals surface area contributed by atoms with Crippen molar-refractivity contribution in [1.82, 2.24) is 0 Å². The number of aldehydes is 1. The van der Waals surface area contributed by atoms with E-state index in [2.05, 4.69) is 0 Å². The highest BCUT2D eigenvalue weighted by atomic mass is 19.1. The Balaban J connectivity index is 2.44. The Morgan fingerprint density at radius 2 is 1.83 bits per heavy atom. The van der Waals surface area contributed by atoms with E-state index in [0.29, 0.717) is 11.8 Å². The molecule has 2 rings (SSSR count). The van der Waals surface area contributed by atoms with Crippen LogP contribution in [0.2, 0.25) is 0 Å². The second kappa shape index (κ2) is 5.11. The molecular weight excluding hydrogens is 233 g/mol. The highest BCUT2D eigenvalue weighted by Gasteiger charge is 2.11. The molecule has 0 aliphatic heterocycles. The maximum atomic E-state index is 13.4. The normalized spacial score (nSPS) is 9.56. The highest BCUT2D eigenvalue weighted by Crippen LogP contribution is 2.28. The first-order valence-electron chi connectivity index (χ1n) is 5.17. The van der Waals surface area contributed by atoms with E-state index >= 15 is 0 Å². The Kier molecular flexibility index (Phi) is 3.35. The van der Waals surface area contributed by atoms with Crippen molar-refractivity contribution in [1.29, 1.82) is 5.26 Å². The fourth-order valence-corrected chi connectivity index (χ4v) is 1.49. The summed E-state index contributed by atoms with van der Waals surface area (Å²) in [5.74, 6) is -0.279. The number of para-hydroxylation sites is 1. The molecule has 2 aromatic rings. The molecule has 0 spiro atoms. The van der Waals surface area contributed by atoms with Gasteiger partial charge in [-0.1, -0.05) is 18.2 Å². The van der Waals surface area contributed by atoms with Crippen LogP contribution in [0.5, 0.6) is 11.5 Å². The van der Waals surface area contributed by atoms with E-state index in [1.165, 1.54) is 18.2 Å². The van der Waals surface area contributed by atoms with Crippen LogP contribution in [0.4, 0.5) is 4.39 Å². The lowest BCUT2D eigenvalue weighted by Gasteiger charge is -2.09. The Bertz CT molecular complexity index is 632. The number of nitriles is 1. The average molecular weight is 241 g/mol. The van der Waals surface area contributed by atoms with Gasteiger partial charge in [0.15, 0.2) is 6.29 Å². The molecule has 0 bridgehead atoms. The third kappa shape index (κ3) is 2.20. The standard InChI is InChI=1S/C14H8FNO2/c15-12-5-3-7-14(11(12)9-17)18-13-6-2-1-4-10(13)8-16/h1-7,9H. The molecule has 0 unspecified atom stereocenters. The Morgan fingerprint density at radius 3 is 2.56 bits per heavy atom. The van der Waals surface area contributed by atoms with Gasteiger partial charge in [0.25, 0.3) is 0 Å². The number of carbonyl (C=O) groups is 1. The highest BCUT2D eigenvalue weighted by molar-refractivity contribution is 5.80. The molecule has 0 fully saturated rings. The smallest absolute Gasteiger partial charge is 0.156 e. The lowest BCUT2D eigenvalue weighted by Crippen LogP contribution is -1.95. The number of halogens is 1. The van der Waals surface area contributed by atoms with Crippen LogP contribution in [0.15, 0.2) is 42.5 Å². The molecule has 3 nitrogen and oxygen atoms in total. The summed E-state index contributed by atoms with van der Waals surface area (Å²) in [5, 5.41) is 8.90. The first kappa shape index (κ1) is 11.8.